The Morgan fingerprint density at radius 1 is 1.00 bits per heavy atom. The Balaban J connectivity index is 1.37. The van der Waals surface area contributed by atoms with Crippen LogP contribution < -0.4 is 10.6 Å². The van der Waals surface area contributed by atoms with Crippen LogP contribution in [0.25, 0.3) is 10.9 Å². The zero-order valence-electron chi connectivity index (χ0n) is 21.2. The first-order valence-electron chi connectivity index (χ1n) is 13.2. The zero-order chi connectivity index (χ0) is 26.2. The SMILES string of the molecule is CCCNC(=O)[C@H](Cc1ccccc1)NC(=O)[C@@H]1Cc2c([nH]c3ccccc23)C2c3ccccc3C(=O)N21. The number of amides is 3. The number of carbonyl (C=O) groups excluding carboxylic acids is 3. The van der Waals surface area contributed by atoms with E-state index in [0.29, 0.717) is 24.9 Å². The third kappa shape index (κ3) is 4.04. The van der Waals surface area contributed by atoms with E-state index in [-0.39, 0.29) is 23.8 Å². The first-order chi connectivity index (χ1) is 18.6. The Hall–Kier alpha value is -4.39. The summed E-state index contributed by atoms with van der Waals surface area (Å²) in [4.78, 5) is 46.0. The number of hydrogen-bond donors (Lipinski definition) is 3. The van der Waals surface area contributed by atoms with Gasteiger partial charge < -0.3 is 20.5 Å². The van der Waals surface area contributed by atoms with Gasteiger partial charge in [0.1, 0.15) is 12.1 Å². The molecule has 3 atom stereocenters. The number of H-pyrrole nitrogens is 1. The van der Waals surface area contributed by atoms with Gasteiger partial charge in [0.25, 0.3) is 5.91 Å². The van der Waals surface area contributed by atoms with Gasteiger partial charge in [0, 0.05) is 41.5 Å². The summed E-state index contributed by atoms with van der Waals surface area (Å²) in [6, 6.07) is 23.4. The molecule has 2 aliphatic rings. The Morgan fingerprint density at radius 2 is 1.74 bits per heavy atom. The lowest BCUT2D eigenvalue weighted by atomic mass is 9.89. The molecule has 7 nitrogen and oxygen atoms in total. The monoisotopic (exact) mass is 506 g/mol. The molecule has 0 radical (unpaired) electrons. The van der Waals surface area contributed by atoms with E-state index < -0.39 is 12.1 Å². The molecule has 3 heterocycles. The number of aromatic amines is 1. The highest BCUT2D eigenvalue weighted by atomic mass is 16.2. The number of rotatable bonds is 7. The number of aromatic nitrogens is 1. The fourth-order valence-corrected chi connectivity index (χ4v) is 5.84. The molecule has 0 fully saturated rings. The van der Waals surface area contributed by atoms with Crippen LogP contribution in [0.2, 0.25) is 0 Å². The molecule has 1 unspecified atom stereocenters. The molecule has 2 aliphatic heterocycles. The summed E-state index contributed by atoms with van der Waals surface area (Å²) in [6.07, 6.45) is 1.53. The normalized spacial score (nSPS) is 18.4. The zero-order valence-corrected chi connectivity index (χ0v) is 21.2. The van der Waals surface area contributed by atoms with Gasteiger partial charge in [-0.3, -0.25) is 14.4 Å². The smallest absolute Gasteiger partial charge is 0.255 e. The molecule has 3 aromatic carbocycles. The quantitative estimate of drug-likeness (QED) is 0.355. The van der Waals surface area contributed by atoms with Gasteiger partial charge >= 0.3 is 0 Å². The minimum atomic E-state index is -0.751. The van der Waals surface area contributed by atoms with Crippen molar-refractivity contribution in [2.24, 2.45) is 0 Å². The van der Waals surface area contributed by atoms with Gasteiger partial charge in [0.05, 0.1) is 6.04 Å². The Kier molecular flexibility index (Phi) is 6.19. The van der Waals surface area contributed by atoms with Gasteiger partial charge in [-0.15, -0.1) is 0 Å². The van der Waals surface area contributed by atoms with Crippen LogP contribution in [0.3, 0.4) is 0 Å². The second-order valence-electron chi connectivity index (χ2n) is 10.0. The fourth-order valence-electron chi connectivity index (χ4n) is 5.84. The van der Waals surface area contributed by atoms with Crippen molar-refractivity contribution < 1.29 is 14.4 Å². The number of hydrogen-bond acceptors (Lipinski definition) is 3. The molecule has 0 aliphatic carbocycles. The molecule has 38 heavy (non-hydrogen) atoms. The van der Waals surface area contributed by atoms with Crippen LogP contribution in [0.15, 0.2) is 78.9 Å². The van der Waals surface area contributed by atoms with Crippen molar-refractivity contribution in [2.75, 3.05) is 6.54 Å². The van der Waals surface area contributed by atoms with Crippen LogP contribution in [-0.2, 0) is 22.4 Å². The molecule has 6 rings (SSSR count). The summed E-state index contributed by atoms with van der Waals surface area (Å²) in [5, 5.41) is 7.00. The van der Waals surface area contributed by atoms with Crippen LogP contribution in [0.1, 0.15) is 52.1 Å². The van der Waals surface area contributed by atoms with Gasteiger partial charge in [-0.25, -0.2) is 0 Å². The van der Waals surface area contributed by atoms with Crippen LogP contribution in [0.5, 0.6) is 0 Å². The molecule has 3 amide bonds. The predicted molar refractivity (Wildman–Crippen MR) is 146 cm³/mol. The maximum absolute atomic E-state index is 14.0. The van der Waals surface area contributed by atoms with Crippen LogP contribution >= 0.6 is 0 Å². The molecule has 0 saturated carbocycles. The van der Waals surface area contributed by atoms with Crippen LogP contribution in [-0.4, -0.2) is 46.2 Å². The lowest BCUT2D eigenvalue weighted by Gasteiger charge is -2.37. The fraction of sp³-hybridized carbons (Fsp3) is 0.258. The molecular weight excluding hydrogens is 476 g/mol. The van der Waals surface area contributed by atoms with E-state index >= 15 is 0 Å². The molecule has 0 spiro atoms. The third-order valence-corrected chi connectivity index (χ3v) is 7.62. The molecule has 1 aromatic heterocycles. The van der Waals surface area contributed by atoms with E-state index in [1.807, 2.05) is 85.8 Å². The second-order valence-corrected chi connectivity index (χ2v) is 10.0. The van der Waals surface area contributed by atoms with Crippen molar-refractivity contribution in [3.63, 3.8) is 0 Å². The minimum Gasteiger partial charge on any atom is -0.356 e. The van der Waals surface area contributed by atoms with Crippen molar-refractivity contribution in [1.82, 2.24) is 20.5 Å². The van der Waals surface area contributed by atoms with Gasteiger partial charge in [0.15, 0.2) is 0 Å². The average Bonchev–Trinajstić information content (AvgIpc) is 3.47. The van der Waals surface area contributed by atoms with Gasteiger partial charge in [-0.2, -0.15) is 0 Å². The first kappa shape index (κ1) is 24.0. The molecule has 7 heteroatoms. The van der Waals surface area contributed by atoms with Crippen molar-refractivity contribution in [3.05, 3.63) is 107 Å². The highest BCUT2D eigenvalue weighted by Crippen LogP contribution is 2.46. The number of nitrogens with one attached hydrogen (secondary N) is 3. The minimum absolute atomic E-state index is 0.162. The van der Waals surface area contributed by atoms with E-state index in [1.54, 1.807) is 4.90 Å². The van der Waals surface area contributed by atoms with E-state index in [0.717, 1.165) is 39.7 Å². The number of fused-ring (bicyclic) bond motifs is 7. The van der Waals surface area contributed by atoms with E-state index in [4.69, 9.17) is 0 Å². The van der Waals surface area contributed by atoms with E-state index in [9.17, 15) is 14.4 Å². The van der Waals surface area contributed by atoms with Gasteiger partial charge in [0.2, 0.25) is 11.8 Å². The van der Waals surface area contributed by atoms with Crippen LogP contribution in [0, 0.1) is 0 Å². The summed E-state index contributed by atoms with van der Waals surface area (Å²) in [5.74, 6) is -0.704. The largest absolute Gasteiger partial charge is 0.356 e. The van der Waals surface area contributed by atoms with Crippen molar-refractivity contribution >= 4 is 28.6 Å². The molecule has 0 bridgehead atoms. The predicted octanol–water partition coefficient (Wildman–Crippen LogP) is 3.89. The maximum atomic E-state index is 14.0. The Morgan fingerprint density at radius 3 is 2.55 bits per heavy atom. The summed E-state index contributed by atoms with van der Waals surface area (Å²) in [7, 11) is 0. The van der Waals surface area contributed by atoms with Gasteiger partial charge in [-0.1, -0.05) is 73.7 Å². The molecule has 192 valence electrons. The standard InChI is InChI=1S/C31H30N4O3/c1-2-16-32-29(36)25(17-19-10-4-3-5-11-19)34-30(37)26-18-23-20-12-8-9-15-24(20)33-27(23)28-21-13-6-7-14-22(21)31(38)35(26)28/h3-15,25-26,28,33H,2,16-18H2,1H3,(H,32,36)(H,34,37)/t25-,26-,28?/m0/s1. The topological polar surface area (TPSA) is 94.3 Å². The van der Waals surface area contributed by atoms with E-state index in [2.05, 4.69) is 15.6 Å². The first-order valence-corrected chi connectivity index (χ1v) is 13.2. The van der Waals surface area contributed by atoms with Crippen molar-refractivity contribution in [1.29, 1.82) is 0 Å². The number of para-hydroxylation sites is 1. The highest BCUT2D eigenvalue weighted by molar-refractivity contribution is 6.04. The average molecular weight is 507 g/mol. The summed E-state index contributed by atoms with van der Waals surface area (Å²) in [5.41, 5.74) is 5.44. The lowest BCUT2D eigenvalue weighted by molar-refractivity contribution is -0.132. The van der Waals surface area contributed by atoms with Crippen molar-refractivity contribution in [2.45, 2.75) is 44.3 Å². The molecular formula is C31H30N4O3. The number of benzene rings is 3. The Labute approximate surface area is 221 Å². The Bertz CT molecular complexity index is 1530. The number of carbonyl (C=O) groups is 3. The van der Waals surface area contributed by atoms with Crippen LogP contribution in [0.4, 0.5) is 0 Å². The highest BCUT2D eigenvalue weighted by Gasteiger charge is 2.49. The van der Waals surface area contributed by atoms with Crippen molar-refractivity contribution in [3.8, 4) is 0 Å². The van der Waals surface area contributed by atoms with Gasteiger partial charge in [-0.05, 0) is 35.2 Å². The second kappa shape index (κ2) is 9.82. The molecule has 0 saturated heterocycles. The lowest BCUT2D eigenvalue weighted by Crippen LogP contribution is -2.57. The number of nitrogens with zero attached hydrogens (tertiary/aromatic N) is 1. The summed E-state index contributed by atoms with van der Waals surface area (Å²) >= 11 is 0. The molecule has 3 N–H and O–H groups in total. The maximum Gasteiger partial charge on any atom is 0.255 e. The molecule has 4 aromatic rings. The van der Waals surface area contributed by atoms with E-state index in [1.165, 1.54) is 0 Å². The summed E-state index contributed by atoms with van der Waals surface area (Å²) < 4.78 is 0. The summed E-state index contributed by atoms with van der Waals surface area (Å²) in [6.45, 7) is 2.52. The third-order valence-electron chi connectivity index (χ3n) is 7.62.